The summed E-state index contributed by atoms with van der Waals surface area (Å²) in [6.07, 6.45) is 0. The Labute approximate surface area is 205 Å². The fourth-order valence-corrected chi connectivity index (χ4v) is 4.10. The number of nitro benzene ring substituents is 1. The van der Waals surface area contributed by atoms with E-state index in [1.54, 1.807) is 41.3 Å². The molecule has 1 aliphatic heterocycles. The molecular weight excluding hydrogens is 479 g/mol. The molecule has 174 valence electrons. The molecule has 1 aliphatic rings. The molecule has 1 N–H and O–H groups in total. The minimum absolute atomic E-state index is 0.0176. The Morgan fingerprint density at radius 2 is 1.59 bits per heavy atom. The Hall–Kier alpha value is -3.62. The number of nitrogens with one attached hydrogen (secondary N) is 1. The topological polar surface area (TPSA) is 95.8 Å². The van der Waals surface area contributed by atoms with Crippen LogP contribution in [0.3, 0.4) is 0 Å². The van der Waals surface area contributed by atoms with E-state index >= 15 is 0 Å². The van der Waals surface area contributed by atoms with Crippen molar-refractivity contribution in [3.05, 3.63) is 98.0 Å². The Morgan fingerprint density at radius 1 is 0.912 bits per heavy atom. The zero-order valence-electron chi connectivity index (χ0n) is 17.9. The number of halogens is 2. The summed E-state index contributed by atoms with van der Waals surface area (Å²) in [4.78, 5) is 40.0. The zero-order chi connectivity index (χ0) is 24.2. The van der Waals surface area contributed by atoms with Gasteiger partial charge in [-0.3, -0.25) is 19.7 Å². The third kappa shape index (κ3) is 5.13. The van der Waals surface area contributed by atoms with E-state index in [-0.39, 0.29) is 22.2 Å². The van der Waals surface area contributed by atoms with Gasteiger partial charge in [-0.1, -0.05) is 35.3 Å². The predicted octanol–water partition coefficient (Wildman–Crippen LogP) is 5.12. The first-order valence-electron chi connectivity index (χ1n) is 10.5. The summed E-state index contributed by atoms with van der Waals surface area (Å²) in [7, 11) is 0. The van der Waals surface area contributed by atoms with Gasteiger partial charge in [0.05, 0.1) is 26.9 Å². The number of carbonyl (C=O) groups excluding carboxylic acids is 2. The van der Waals surface area contributed by atoms with Crippen LogP contribution in [0.4, 0.5) is 17.1 Å². The highest BCUT2D eigenvalue weighted by atomic mass is 35.5. The lowest BCUT2D eigenvalue weighted by Crippen LogP contribution is -2.49. The molecule has 8 nitrogen and oxygen atoms in total. The van der Waals surface area contributed by atoms with Crippen LogP contribution in [0, 0.1) is 10.1 Å². The molecule has 0 aromatic heterocycles. The molecule has 0 spiro atoms. The average molecular weight is 499 g/mol. The fourth-order valence-electron chi connectivity index (χ4n) is 3.77. The van der Waals surface area contributed by atoms with Crippen molar-refractivity contribution in [2.45, 2.75) is 0 Å². The second-order valence-electron chi connectivity index (χ2n) is 7.68. The molecule has 1 fully saturated rings. The lowest BCUT2D eigenvalue weighted by molar-refractivity contribution is -0.384. The normalized spacial score (nSPS) is 13.5. The van der Waals surface area contributed by atoms with Gasteiger partial charge in [-0.25, -0.2) is 0 Å². The van der Waals surface area contributed by atoms with Crippen molar-refractivity contribution in [2.24, 2.45) is 0 Å². The maximum absolute atomic E-state index is 12.9. The van der Waals surface area contributed by atoms with E-state index in [1.165, 1.54) is 12.1 Å². The highest BCUT2D eigenvalue weighted by Gasteiger charge is 2.24. The molecule has 0 radical (unpaired) electrons. The van der Waals surface area contributed by atoms with Gasteiger partial charge in [-0.2, -0.15) is 0 Å². The van der Waals surface area contributed by atoms with E-state index in [0.717, 1.165) is 11.8 Å². The van der Waals surface area contributed by atoms with Crippen LogP contribution in [0.25, 0.3) is 0 Å². The molecule has 4 rings (SSSR count). The van der Waals surface area contributed by atoms with Gasteiger partial charge in [0.25, 0.3) is 17.5 Å². The molecule has 10 heteroatoms. The van der Waals surface area contributed by atoms with Crippen molar-refractivity contribution < 1.29 is 14.5 Å². The molecule has 0 aliphatic carbocycles. The first kappa shape index (κ1) is 23.5. The SMILES string of the molecule is O=C(Nc1ccccc1N1CCN(C(=O)c2ccc(Cl)cc2)CC1)c1cc([N+](=O)[O-])ccc1Cl. The van der Waals surface area contributed by atoms with Crippen molar-refractivity contribution in [3.8, 4) is 0 Å². The van der Waals surface area contributed by atoms with Crippen molar-refractivity contribution in [2.75, 3.05) is 36.4 Å². The molecule has 0 unspecified atom stereocenters. The maximum atomic E-state index is 12.9. The van der Waals surface area contributed by atoms with Crippen LogP contribution in [-0.4, -0.2) is 47.8 Å². The number of piperazine rings is 1. The van der Waals surface area contributed by atoms with E-state index < -0.39 is 10.8 Å². The molecule has 3 aromatic carbocycles. The number of non-ortho nitro benzene ring substituents is 1. The lowest BCUT2D eigenvalue weighted by atomic mass is 10.1. The number of nitro groups is 1. The van der Waals surface area contributed by atoms with Crippen molar-refractivity contribution in [1.82, 2.24) is 4.90 Å². The van der Waals surface area contributed by atoms with Gasteiger partial charge in [-0.15, -0.1) is 0 Å². The van der Waals surface area contributed by atoms with Gasteiger partial charge in [0.2, 0.25) is 0 Å². The van der Waals surface area contributed by atoms with Crippen LogP contribution in [0.15, 0.2) is 66.7 Å². The number of rotatable bonds is 5. The summed E-state index contributed by atoms with van der Waals surface area (Å²) >= 11 is 12.0. The Kier molecular flexibility index (Phi) is 7.00. The fraction of sp³-hybridized carbons (Fsp3) is 0.167. The molecule has 1 saturated heterocycles. The minimum Gasteiger partial charge on any atom is -0.366 e. The number of anilines is 2. The first-order chi connectivity index (χ1) is 16.3. The molecule has 0 saturated carbocycles. The number of amides is 2. The van der Waals surface area contributed by atoms with E-state index in [2.05, 4.69) is 10.2 Å². The van der Waals surface area contributed by atoms with Gasteiger partial charge in [-0.05, 0) is 42.5 Å². The van der Waals surface area contributed by atoms with E-state index in [4.69, 9.17) is 23.2 Å². The molecule has 0 atom stereocenters. The number of nitrogens with zero attached hydrogens (tertiary/aromatic N) is 3. The smallest absolute Gasteiger partial charge is 0.270 e. The second-order valence-corrected chi connectivity index (χ2v) is 8.52. The summed E-state index contributed by atoms with van der Waals surface area (Å²) in [6.45, 7) is 2.18. The quantitative estimate of drug-likeness (QED) is 0.389. The van der Waals surface area contributed by atoms with Crippen LogP contribution in [0.1, 0.15) is 20.7 Å². The second kappa shape index (κ2) is 10.1. The van der Waals surface area contributed by atoms with Gasteiger partial charge < -0.3 is 15.1 Å². The van der Waals surface area contributed by atoms with Crippen molar-refractivity contribution >= 4 is 52.1 Å². The van der Waals surface area contributed by atoms with Gasteiger partial charge in [0, 0.05) is 48.9 Å². The van der Waals surface area contributed by atoms with E-state index in [9.17, 15) is 19.7 Å². The standard InChI is InChI=1S/C24H20Cl2N4O4/c25-17-7-5-16(6-8-17)24(32)29-13-11-28(12-14-29)22-4-2-1-3-21(22)27-23(31)19-15-18(30(33)34)9-10-20(19)26/h1-10,15H,11-14H2,(H,27,31). The maximum Gasteiger partial charge on any atom is 0.270 e. The summed E-state index contributed by atoms with van der Waals surface area (Å²) in [5.41, 5.74) is 1.72. The average Bonchev–Trinajstić information content (AvgIpc) is 2.84. The molecular formula is C24H20Cl2N4O4. The monoisotopic (exact) mass is 498 g/mol. The highest BCUT2D eigenvalue weighted by molar-refractivity contribution is 6.34. The van der Waals surface area contributed by atoms with Gasteiger partial charge in [0.1, 0.15) is 0 Å². The van der Waals surface area contributed by atoms with Crippen molar-refractivity contribution in [1.29, 1.82) is 0 Å². The minimum atomic E-state index is -0.578. The number of benzene rings is 3. The van der Waals surface area contributed by atoms with Crippen LogP contribution in [-0.2, 0) is 0 Å². The summed E-state index contributed by atoms with van der Waals surface area (Å²) in [6, 6.07) is 17.8. The number of hydrogen-bond donors (Lipinski definition) is 1. The molecule has 3 aromatic rings. The third-order valence-corrected chi connectivity index (χ3v) is 6.14. The Bertz CT molecular complexity index is 1240. The molecule has 1 heterocycles. The summed E-state index contributed by atoms with van der Waals surface area (Å²) < 4.78 is 0. The Balaban J connectivity index is 1.47. The first-order valence-corrected chi connectivity index (χ1v) is 11.2. The number of carbonyl (C=O) groups is 2. The summed E-state index contributed by atoms with van der Waals surface area (Å²) in [5, 5.41) is 14.6. The van der Waals surface area contributed by atoms with Crippen molar-refractivity contribution in [3.63, 3.8) is 0 Å². The zero-order valence-corrected chi connectivity index (χ0v) is 19.4. The van der Waals surface area contributed by atoms with Gasteiger partial charge in [0.15, 0.2) is 0 Å². The highest BCUT2D eigenvalue weighted by Crippen LogP contribution is 2.29. The summed E-state index contributed by atoms with van der Waals surface area (Å²) in [5.74, 6) is -0.601. The lowest BCUT2D eigenvalue weighted by Gasteiger charge is -2.37. The third-order valence-electron chi connectivity index (χ3n) is 5.56. The molecule has 0 bridgehead atoms. The van der Waals surface area contributed by atoms with E-state index in [0.29, 0.717) is 42.5 Å². The largest absolute Gasteiger partial charge is 0.366 e. The van der Waals surface area contributed by atoms with E-state index in [1.807, 2.05) is 12.1 Å². The van der Waals surface area contributed by atoms with Crippen LogP contribution >= 0.6 is 23.2 Å². The van der Waals surface area contributed by atoms with Crippen LogP contribution in [0.5, 0.6) is 0 Å². The van der Waals surface area contributed by atoms with Crippen LogP contribution in [0.2, 0.25) is 10.0 Å². The molecule has 2 amide bonds. The predicted molar refractivity (Wildman–Crippen MR) is 132 cm³/mol. The Morgan fingerprint density at radius 3 is 2.26 bits per heavy atom. The van der Waals surface area contributed by atoms with Gasteiger partial charge >= 0.3 is 0 Å². The molecule has 34 heavy (non-hydrogen) atoms. The number of para-hydroxylation sites is 2. The van der Waals surface area contributed by atoms with Crippen LogP contribution < -0.4 is 10.2 Å². The number of hydrogen-bond acceptors (Lipinski definition) is 5.